The molecule has 104 valence electrons. The lowest BCUT2D eigenvalue weighted by Crippen LogP contribution is -2.24. The first-order valence-electron chi connectivity index (χ1n) is 5.89. The molecule has 2 nitrogen and oxygen atoms in total. The summed E-state index contributed by atoms with van der Waals surface area (Å²) in [6.07, 6.45) is -0.835. The molecule has 0 fully saturated rings. The Morgan fingerprint density at radius 3 is 2.55 bits per heavy atom. The van der Waals surface area contributed by atoms with Crippen molar-refractivity contribution in [1.82, 2.24) is 0 Å². The third-order valence-electron chi connectivity index (χ3n) is 2.68. The van der Waals surface area contributed by atoms with Crippen LogP contribution in [-0.2, 0) is 0 Å². The van der Waals surface area contributed by atoms with Gasteiger partial charge in [-0.3, -0.25) is 4.79 Å². The summed E-state index contributed by atoms with van der Waals surface area (Å²) >= 11 is 5.81. The minimum atomic E-state index is -1.02. The number of Topliss-reactive ketones (excluding diaryl/α,β-unsaturated/α-hetero) is 1. The lowest BCUT2D eigenvalue weighted by Gasteiger charge is -2.14. The van der Waals surface area contributed by atoms with Gasteiger partial charge in [0.1, 0.15) is 5.75 Å². The van der Waals surface area contributed by atoms with E-state index in [-0.39, 0.29) is 11.5 Å². The average molecular weight is 297 g/mol. The molecule has 0 bridgehead atoms. The molecule has 2 rings (SSSR count). The van der Waals surface area contributed by atoms with Gasteiger partial charge in [0, 0.05) is 16.7 Å². The first-order valence-corrected chi connectivity index (χ1v) is 6.26. The second-order valence-electron chi connectivity index (χ2n) is 4.21. The van der Waals surface area contributed by atoms with Crippen molar-refractivity contribution in [3.05, 3.63) is 64.7 Å². The van der Waals surface area contributed by atoms with Crippen LogP contribution in [0.3, 0.4) is 0 Å². The fourth-order valence-electron chi connectivity index (χ4n) is 1.68. The topological polar surface area (TPSA) is 26.3 Å². The molecule has 1 atom stereocenters. The van der Waals surface area contributed by atoms with E-state index in [9.17, 15) is 13.6 Å². The molecule has 0 spiro atoms. The van der Waals surface area contributed by atoms with Crippen LogP contribution in [-0.4, -0.2) is 11.9 Å². The largest absolute Gasteiger partial charge is 0.482 e. The van der Waals surface area contributed by atoms with E-state index in [1.54, 1.807) is 18.2 Å². The Bertz CT molecular complexity index is 644. The van der Waals surface area contributed by atoms with E-state index in [1.807, 2.05) is 0 Å². The summed E-state index contributed by atoms with van der Waals surface area (Å²) in [5, 5.41) is 0.441. The molecule has 0 saturated heterocycles. The third-order valence-corrected chi connectivity index (χ3v) is 2.92. The molecule has 0 aromatic heterocycles. The zero-order valence-electron chi connectivity index (χ0n) is 10.6. The van der Waals surface area contributed by atoms with Gasteiger partial charge in [-0.1, -0.05) is 23.7 Å². The van der Waals surface area contributed by atoms with Crippen LogP contribution in [0, 0.1) is 11.6 Å². The number of ether oxygens (including phenoxy) is 1. The number of carbonyl (C=O) groups excluding carboxylic acids is 1. The van der Waals surface area contributed by atoms with Gasteiger partial charge in [-0.15, -0.1) is 0 Å². The summed E-state index contributed by atoms with van der Waals surface area (Å²) in [6, 6.07) is 9.55. The fraction of sp³-hybridized carbons (Fsp3) is 0.133. The highest BCUT2D eigenvalue weighted by Gasteiger charge is 2.17. The van der Waals surface area contributed by atoms with E-state index in [4.69, 9.17) is 16.3 Å². The Kier molecular flexibility index (Phi) is 4.35. The normalized spacial score (nSPS) is 12.0. The standard InChI is InChI=1S/C15H11ClF2O2/c1-9(15(19)10-3-2-4-11(16)7-10)20-12-5-6-13(17)14(18)8-12/h2-9H,1H3. The van der Waals surface area contributed by atoms with E-state index >= 15 is 0 Å². The molecule has 2 aromatic carbocycles. The van der Waals surface area contributed by atoms with Crippen molar-refractivity contribution in [1.29, 1.82) is 0 Å². The Hall–Kier alpha value is -1.94. The second-order valence-corrected chi connectivity index (χ2v) is 4.65. The van der Waals surface area contributed by atoms with Crippen molar-refractivity contribution < 1.29 is 18.3 Å². The lowest BCUT2D eigenvalue weighted by molar-refractivity contribution is 0.0817. The first-order chi connectivity index (χ1) is 9.47. The van der Waals surface area contributed by atoms with Gasteiger partial charge in [0.15, 0.2) is 17.7 Å². The van der Waals surface area contributed by atoms with E-state index < -0.39 is 17.7 Å². The van der Waals surface area contributed by atoms with Crippen molar-refractivity contribution in [2.24, 2.45) is 0 Å². The Labute approximate surface area is 119 Å². The van der Waals surface area contributed by atoms with Gasteiger partial charge in [0.25, 0.3) is 0 Å². The number of rotatable bonds is 4. The maximum absolute atomic E-state index is 13.0. The van der Waals surface area contributed by atoms with Crippen LogP contribution in [0.25, 0.3) is 0 Å². The Morgan fingerprint density at radius 1 is 1.15 bits per heavy atom. The van der Waals surface area contributed by atoms with Gasteiger partial charge in [0.2, 0.25) is 5.78 Å². The Balaban J connectivity index is 2.13. The molecule has 0 aliphatic heterocycles. The van der Waals surface area contributed by atoms with Crippen LogP contribution in [0.1, 0.15) is 17.3 Å². The number of hydrogen-bond acceptors (Lipinski definition) is 2. The molecular weight excluding hydrogens is 286 g/mol. The number of hydrogen-bond donors (Lipinski definition) is 0. The molecule has 0 heterocycles. The van der Waals surface area contributed by atoms with Crippen LogP contribution >= 0.6 is 11.6 Å². The van der Waals surface area contributed by atoms with Gasteiger partial charge >= 0.3 is 0 Å². The molecule has 0 amide bonds. The van der Waals surface area contributed by atoms with E-state index in [0.29, 0.717) is 10.6 Å². The van der Waals surface area contributed by atoms with Crippen LogP contribution in [0.15, 0.2) is 42.5 Å². The predicted octanol–water partition coefficient (Wildman–Crippen LogP) is 4.27. The number of benzene rings is 2. The molecule has 0 radical (unpaired) electrons. The molecule has 1 unspecified atom stereocenters. The van der Waals surface area contributed by atoms with Crippen molar-refractivity contribution >= 4 is 17.4 Å². The number of halogens is 3. The van der Waals surface area contributed by atoms with Gasteiger partial charge in [-0.25, -0.2) is 8.78 Å². The van der Waals surface area contributed by atoms with Gasteiger partial charge in [-0.2, -0.15) is 0 Å². The maximum atomic E-state index is 13.0. The summed E-state index contributed by atoms with van der Waals surface area (Å²) < 4.78 is 31.1. The second kappa shape index (κ2) is 6.01. The van der Waals surface area contributed by atoms with Gasteiger partial charge in [0.05, 0.1) is 0 Å². The third kappa shape index (κ3) is 3.33. The highest BCUT2D eigenvalue weighted by molar-refractivity contribution is 6.31. The SMILES string of the molecule is CC(Oc1ccc(F)c(F)c1)C(=O)c1cccc(Cl)c1. The molecule has 20 heavy (non-hydrogen) atoms. The van der Waals surface area contributed by atoms with Crippen molar-refractivity contribution in [3.63, 3.8) is 0 Å². The van der Waals surface area contributed by atoms with Crippen molar-refractivity contribution in [2.75, 3.05) is 0 Å². The van der Waals surface area contributed by atoms with Gasteiger partial charge < -0.3 is 4.74 Å². The number of ketones is 1. The predicted molar refractivity (Wildman–Crippen MR) is 72.2 cm³/mol. The average Bonchev–Trinajstić information content (AvgIpc) is 2.42. The fourth-order valence-corrected chi connectivity index (χ4v) is 1.87. The zero-order valence-corrected chi connectivity index (χ0v) is 11.3. The minimum Gasteiger partial charge on any atom is -0.482 e. The summed E-state index contributed by atoms with van der Waals surface area (Å²) in [5.41, 5.74) is 0.396. The van der Waals surface area contributed by atoms with E-state index in [1.165, 1.54) is 19.1 Å². The monoisotopic (exact) mass is 296 g/mol. The molecular formula is C15H11ClF2O2. The van der Waals surface area contributed by atoms with Crippen LogP contribution in [0.2, 0.25) is 5.02 Å². The molecule has 2 aromatic rings. The summed E-state index contributed by atoms with van der Waals surface area (Å²) in [7, 11) is 0. The van der Waals surface area contributed by atoms with Crippen LogP contribution in [0.4, 0.5) is 8.78 Å². The highest BCUT2D eigenvalue weighted by atomic mass is 35.5. The number of carbonyl (C=O) groups is 1. The van der Waals surface area contributed by atoms with E-state index in [2.05, 4.69) is 0 Å². The van der Waals surface area contributed by atoms with Crippen molar-refractivity contribution in [3.8, 4) is 5.75 Å². The maximum Gasteiger partial charge on any atom is 0.203 e. The molecule has 0 aliphatic carbocycles. The molecule has 0 N–H and O–H groups in total. The lowest BCUT2D eigenvalue weighted by atomic mass is 10.1. The van der Waals surface area contributed by atoms with Gasteiger partial charge in [-0.05, 0) is 31.2 Å². The van der Waals surface area contributed by atoms with Crippen LogP contribution in [0.5, 0.6) is 5.75 Å². The summed E-state index contributed by atoms with van der Waals surface area (Å²) in [5.74, 6) is -2.19. The summed E-state index contributed by atoms with van der Waals surface area (Å²) in [6.45, 7) is 1.53. The van der Waals surface area contributed by atoms with Crippen LogP contribution < -0.4 is 4.74 Å². The first kappa shape index (κ1) is 14.5. The zero-order chi connectivity index (χ0) is 14.7. The Morgan fingerprint density at radius 2 is 1.90 bits per heavy atom. The molecule has 5 heteroatoms. The summed E-state index contributed by atoms with van der Waals surface area (Å²) in [4.78, 5) is 12.1. The van der Waals surface area contributed by atoms with Crippen molar-refractivity contribution in [2.45, 2.75) is 13.0 Å². The molecule has 0 aliphatic rings. The van der Waals surface area contributed by atoms with E-state index in [0.717, 1.165) is 12.1 Å². The highest BCUT2D eigenvalue weighted by Crippen LogP contribution is 2.19. The smallest absolute Gasteiger partial charge is 0.203 e. The minimum absolute atomic E-state index is 0.0896. The molecule has 0 saturated carbocycles. The quantitative estimate of drug-likeness (QED) is 0.788.